The first-order chi connectivity index (χ1) is 7.41. The second-order valence-corrected chi connectivity index (χ2v) is 4.44. The summed E-state index contributed by atoms with van der Waals surface area (Å²) in [6, 6.07) is 0.0380. The summed E-state index contributed by atoms with van der Waals surface area (Å²) in [7, 11) is 1.82. The first-order valence-corrected chi connectivity index (χ1v) is 5.40. The minimum Gasteiger partial charge on any atom is -0.392 e. The Kier molecular flexibility index (Phi) is 4.00. The number of carbonyl (C=O) groups is 1. The third kappa shape index (κ3) is 3.03. The number of nitrogens with zero attached hydrogens (tertiary/aromatic N) is 3. The standard InChI is InChI=1S/C10H16N4OS/c1-7(2)14(5-9(11)16)10(15)8-4-13(3)6-12-8/h4,6-7H,5H2,1-3H3,(H2,11,16). The molecular formula is C10H16N4OS. The molecule has 88 valence electrons. The average Bonchev–Trinajstić information content (AvgIpc) is 2.59. The maximum Gasteiger partial charge on any atom is 0.274 e. The normalized spacial score (nSPS) is 10.5. The summed E-state index contributed by atoms with van der Waals surface area (Å²) >= 11 is 4.82. The van der Waals surface area contributed by atoms with Crippen molar-refractivity contribution in [2.75, 3.05) is 6.54 Å². The Morgan fingerprint density at radius 1 is 1.69 bits per heavy atom. The van der Waals surface area contributed by atoms with Crippen molar-refractivity contribution in [2.24, 2.45) is 12.8 Å². The second-order valence-electron chi connectivity index (χ2n) is 3.92. The van der Waals surface area contributed by atoms with Crippen molar-refractivity contribution in [3.8, 4) is 0 Å². The molecule has 0 unspecified atom stereocenters. The van der Waals surface area contributed by atoms with Crippen LogP contribution in [0.5, 0.6) is 0 Å². The summed E-state index contributed by atoms with van der Waals surface area (Å²) < 4.78 is 1.73. The fraction of sp³-hybridized carbons (Fsp3) is 0.500. The molecule has 1 amide bonds. The number of carbonyl (C=O) groups excluding carboxylic acids is 1. The van der Waals surface area contributed by atoms with Crippen LogP contribution in [-0.4, -0.2) is 37.9 Å². The third-order valence-electron chi connectivity index (χ3n) is 2.13. The van der Waals surface area contributed by atoms with Crippen LogP contribution in [0.2, 0.25) is 0 Å². The molecular weight excluding hydrogens is 224 g/mol. The highest BCUT2D eigenvalue weighted by Gasteiger charge is 2.20. The third-order valence-corrected chi connectivity index (χ3v) is 2.26. The summed E-state index contributed by atoms with van der Waals surface area (Å²) in [5.74, 6) is -0.150. The SMILES string of the molecule is CC(C)N(CC(N)=S)C(=O)c1cn(C)cn1. The molecule has 0 aliphatic carbocycles. The maximum absolute atomic E-state index is 12.1. The van der Waals surface area contributed by atoms with Crippen molar-refractivity contribution in [3.05, 3.63) is 18.2 Å². The van der Waals surface area contributed by atoms with Gasteiger partial charge in [0, 0.05) is 19.3 Å². The van der Waals surface area contributed by atoms with E-state index >= 15 is 0 Å². The maximum atomic E-state index is 12.1. The molecule has 0 aliphatic heterocycles. The Labute approximate surface area is 100 Å². The zero-order valence-corrected chi connectivity index (χ0v) is 10.5. The molecule has 0 saturated carbocycles. The van der Waals surface area contributed by atoms with Crippen LogP contribution < -0.4 is 5.73 Å². The van der Waals surface area contributed by atoms with Crippen molar-refractivity contribution in [3.63, 3.8) is 0 Å². The molecule has 6 heteroatoms. The number of hydrogen-bond donors (Lipinski definition) is 1. The van der Waals surface area contributed by atoms with Gasteiger partial charge in [-0.2, -0.15) is 0 Å². The molecule has 1 heterocycles. The minimum atomic E-state index is -0.150. The number of rotatable bonds is 4. The zero-order chi connectivity index (χ0) is 12.3. The lowest BCUT2D eigenvalue weighted by Crippen LogP contribution is -2.42. The lowest BCUT2D eigenvalue weighted by atomic mass is 10.3. The Bertz CT molecular complexity index is 399. The van der Waals surface area contributed by atoms with Gasteiger partial charge in [0.1, 0.15) is 5.69 Å². The van der Waals surface area contributed by atoms with Crippen LogP contribution in [0.25, 0.3) is 0 Å². The molecule has 1 aromatic heterocycles. The molecule has 16 heavy (non-hydrogen) atoms. The fourth-order valence-electron chi connectivity index (χ4n) is 1.33. The molecule has 0 radical (unpaired) electrons. The minimum absolute atomic E-state index is 0.0380. The van der Waals surface area contributed by atoms with Crippen LogP contribution in [0.1, 0.15) is 24.3 Å². The van der Waals surface area contributed by atoms with Crippen molar-refractivity contribution in [1.82, 2.24) is 14.5 Å². The Hall–Kier alpha value is -1.43. The van der Waals surface area contributed by atoms with Gasteiger partial charge in [-0.1, -0.05) is 12.2 Å². The van der Waals surface area contributed by atoms with Gasteiger partial charge in [-0.25, -0.2) is 4.98 Å². The highest BCUT2D eigenvalue weighted by Crippen LogP contribution is 2.06. The quantitative estimate of drug-likeness (QED) is 0.781. The van der Waals surface area contributed by atoms with Crippen LogP contribution >= 0.6 is 12.2 Å². The Balaban J connectivity index is 2.87. The first-order valence-electron chi connectivity index (χ1n) is 4.99. The Morgan fingerprint density at radius 3 is 2.69 bits per heavy atom. The number of imidazole rings is 1. The lowest BCUT2D eigenvalue weighted by Gasteiger charge is -2.25. The van der Waals surface area contributed by atoms with E-state index in [1.54, 1.807) is 22.0 Å². The van der Waals surface area contributed by atoms with E-state index < -0.39 is 0 Å². The number of aryl methyl sites for hydroxylation is 1. The van der Waals surface area contributed by atoms with E-state index in [-0.39, 0.29) is 18.5 Å². The van der Waals surface area contributed by atoms with Crippen molar-refractivity contribution < 1.29 is 4.79 Å². The molecule has 0 bridgehead atoms. The summed E-state index contributed by atoms with van der Waals surface area (Å²) in [6.45, 7) is 4.11. The summed E-state index contributed by atoms with van der Waals surface area (Å²) in [5.41, 5.74) is 5.87. The summed E-state index contributed by atoms with van der Waals surface area (Å²) in [4.78, 5) is 18.0. The average molecular weight is 240 g/mol. The second kappa shape index (κ2) is 5.07. The number of nitrogens with two attached hydrogens (primary N) is 1. The van der Waals surface area contributed by atoms with Crippen LogP contribution in [0.4, 0.5) is 0 Å². The molecule has 0 fully saturated rings. The first kappa shape index (κ1) is 12.6. The molecule has 1 rings (SSSR count). The molecule has 2 N–H and O–H groups in total. The van der Waals surface area contributed by atoms with Gasteiger partial charge >= 0.3 is 0 Å². The van der Waals surface area contributed by atoms with Crippen molar-refractivity contribution in [1.29, 1.82) is 0 Å². The highest BCUT2D eigenvalue weighted by molar-refractivity contribution is 7.80. The Morgan fingerprint density at radius 2 is 2.31 bits per heavy atom. The zero-order valence-electron chi connectivity index (χ0n) is 9.67. The van der Waals surface area contributed by atoms with Crippen molar-refractivity contribution in [2.45, 2.75) is 19.9 Å². The van der Waals surface area contributed by atoms with E-state index in [2.05, 4.69) is 4.98 Å². The number of thiocarbonyl (C=S) groups is 1. The number of aromatic nitrogens is 2. The summed E-state index contributed by atoms with van der Waals surface area (Å²) in [5, 5.41) is 0. The van der Waals surface area contributed by atoms with Gasteiger partial charge in [-0.05, 0) is 13.8 Å². The van der Waals surface area contributed by atoms with Crippen molar-refractivity contribution >= 4 is 23.1 Å². The van der Waals surface area contributed by atoms with Gasteiger partial charge in [0.2, 0.25) is 0 Å². The van der Waals surface area contributed by atoms with E-state index in [0.717, 1.165) is 0 Å². The van der Waals surface area contributed by atoms with Gasteiger partial charge < -0.3 is 15.2 Å². The molecule has 0 spiro atoms. The van der Waals surface area contributed by atoms with E-state index in [1.807, 2.05) is 20.9 Å². The monoisotopic (exact) mass is 240 g/mol. The van der Waals surface area contributed by atoms with E-state index in [4.69, 9.17) is 18.0 Å². The molecule has 0 atom stereocenters. The van der Waals surface area contributed by atoms with Crippen LogP contribution in [0, 0.1) is 0 Å². The fourth-order valence-corrected chi connectivity index (χ4v) is 1.47. The molecule has 0 aliphatic rings. The number of amides is 1. The van der Waals surface area contributed by atoms with E-state index in [0.29, 0.717) is 10.7 Å². The molecule has 5 nitrogen and oxygen atoms in total. The smallest absolute Gasteiger partial charge is 0.274 e. The predicted octanol–water partition coefficient (Wildman–Crippen LogP) is 0.557. The van der Waals surface area contributed by atoms with Crippen LogP contribution in [-0.2, 0) is 7.05 Å². The van der Waals surface area contributed by atoms with Gasteiger partial charge in [-0.15, -0.1) is 0 Å². The molecule has 1 aromatic rings. The lowest BCUT2D eigenvalue weighted by molar-refractivity contribution is 0.0730. The predicted molar refractivity (Wildman–Crippen MR) is 66.2 cm³/mol. The van der Waals surface area contributed by atoms with Gasteiger partial charge in [0.15, 0.2) is 0 Å². The molecule has 0 saturated heterocycles. The van der Waals surface area contributed by atoms with E-state index in [1.165, 1.54) is 0 Å². The highest BCUT2D eigenvalue weighted by atomic mass is 32.1. The largest absolute Gasteiger partial charge is 0.392 e. The molecule has 0 aromatic carbocycles. The van der Waals surface area contributed by atoms with Gasteiger partial charge in [0.25, 0.3) is 5.91 Å². The summed E-state index contributed by atoms with van der Waals surface area (Å²) in [6.07, 6.45) is 3.27. The topological polar surface area (TPSA) is 64.2 Å². The van der Waals surface area contributed by atoms with Crippen LogP contribution in [0.3, 0.4) is 0 Å². The van der Waals surface area contributed by atoms with Gasteiger partial charge in [0.05, 0.1) is 17.9 Å². The number of hydrogen-bond acceptors (Lipinski definition) is 3. The van der Waals surface area contributed by atoms with E-state index in [9.17, 15) is 4.79 Å². The van der Waals surface area contributed by atoms with Gasteiger partial charge in [-0.3, -0.25) is 4.79 Å². The van der Waals surface area contributed by atoms with Crippen LogP contribution in [0.15, 0.2) is 12.5 Å².